The van der Waals surface area contributed by atoms with Gasteiger partial charge in [0.1, 0.15) is 0 Å². The Kier molecular flexibility index (Phi) is 4.41. The highest BCUT2D eigenvalue weighted by Gasteiger charge is 2.28. The molecular weight excluding hydrogens is 332 g/mol. The molecule has 3 rings (SSSR count). The average molecular weight is 350 g/mol. The highest BCUT2D eigenvalue weighted by molar-refractivity contribution is 7.92. The Bertz CT molecular complexity index is 800. The number of fused-ring (bicyclic) bond motifs is 1. The van der Waals surface area contributed by atoms with Gasteiger partial charge in [0.2, 0.25) is 15.9 Å². The SMILES string of the molecule is CS(=O)(=O)N1CCCN(C(=O)Cc2cccs2)c2ccccc21. The molecule has 1 aliphatic heterocycles. The first-order valence-electron chi connectivity index (χ1n) is 7.36. The van der Waals surface area contributed by atoms with Crippen molar-refractivity contribution >= 4 is 38.6 Å². The highest BCUT2D eigenvalue weighted by Crippen LogP contribution is 2.34. The van der Waals surface area contributed by atoms with Crippen molar-refractivity contribution in [3.05, 3.63) is 46.7 Å². The van der Waals surface area contributed by atoms with E-state index in [0.717, 1.165) is 4.88 Å². The van der Waals surface area contributed by atoms with Crippen molar-refractivity contribution < 1.29 is 13.2 Å². The van der Waals surface area contributed by atoms with Crippen LogP contribution in [-0.4, -0.2) is 33.7 Å². The van der Waals surface area contributed by atoms with Gasteiger partial charge >= 0.3 is 0 Å². The molecule has 0 fully saturated rings. The van der Waals surface area contributed by atoms with Gasteiger partial charge in [-0.3, -0.25) is 9.10 Å². The Morgan fingerprint density at radius 3 is 2.52 bits per heavy atom. The quantitative estimate of drug-likeness (QED) is 0.854. The second-order valence-electron chi connectivity index (χ2n) is 5.48. The molecule has 0 spiro atoms. The van der Waals surface area contributed by atoms with E-state index in [1.165, 1.54) is 10.6 Å². The third-order valence-electron chi connectivity index (χ3n) is 3.79. The van der Waals surface area contributed by atoms with Crippen molar-refractivity contribution in [3.8, 4) is 0 Å². The van der Waals surface area contributed by atoms with Gasteiger partial charge in [-0.1, -0.05) is 18.2 Å². The molecule has 23 heavy (non-hydrogen) atoms. The van der Waals surface area contributed by atoms with Crippen LogP contribution in [0.2, 0.25) is 0 Å². The van der Waals surface area contributed by atoms with E-state index >= 15 is 0 Å². The van der Waals surface area contributed by atoms with E-state index in [9.17, 15) is 13.2 Å². The number of hydrogen-bond acceptors (Lipinski definition) is 4. The Hall–Kier alpha value is -1.86. The summed E-state index contributed by atoms with van der Waals surface area (Å²) in [7, 11) is -3.36. The number of carbonyl (C=O) groups excluding carboxylic acids is 1. The number of amides is 1. The van der Waals surface area contributed by atoms with Crippen LogP contribution in [0.5, 0.6) is 0 Å². The molecule has 0 N–H and O–H groups in total. The number of para-hydroxylation sites is 2. The van der Waals surface area contributed by atoms with E-state index < -0.39 is 10.0 Å². The number of hydrogen-bond donors (Lipinski definition) is 0. The van der Waals surface area contributed by atoms with Crippen molar-refractivity contribution in [3.63, 3.8) is 0 Å². The van der Waals surface area contributed by atoms with Gasteiger partial charge in [0.25, 0.3) is 0 Å². The first kappa shape index (κ1) is 16.0. The largest absolute Gasteiger partial charge is 0.310 e. The standard InChI is InChI=1S/C16H18N2O3S2/c1-23(20,21)18-10-5-9-17(14-7-2-3-8-15(14)18)16(19)12-13-6-4-11-22-13/h2-4,6-8,11H,5,9-10,12H2,1H3. The number of carbonyl (C=O) groups is 1. The maximum atomic E-state index is 12.7. The van der Waals surface area contributed by atoms with Crippen LogP contribution in [0.3, 0.4) is 0 Å². The zero-order valence-corrected chi connectivity index (χ0v) is 14.4. The molecule has 2 heterocycles. The van der Waals surface area contributed by atoms with Crippen LogP contribution in [0.15, 0.2) is 41.8 Å². The normalized spacial score (nSPS) is 15.2. The van der Waals surface area contributed by atoms with Gasteiger partial charge in [0, 0.05) is 18.0 Å². The molecule has 1 aromatic heterocycles. The molecule has 5 nitrogen and oxygen atoms in total. The number of nitrogens with zero attached hydrogens (tertiary/aromatic N) is 2. The number of sulfonamides is 1. The summed E-state index contributed by atoms with van der Waals surface area (Å²) in [6.07, 6.45) is 2.15. The summed E-state index contributed by atoms with van der Waals surface area (Å²) < 4.78 is 25.5. The third kappa shape index (κ3) is 3.40. The predicted octanol–water partition coefficient (Wildman–Crippen LogP) is 2.49. The van der Waals surface area contributed by atoms with E-state index in [-0.39, 0.29) is 5.91 Å². The summed E-state index contributed by atoms with van der Waals surface area (Å²) in [5, 5.41) is 1.95. The minimum absolute atomic E-state index is 0.00440. The van der Waals surface area contributed by atoms with Gasteiger partial charge < -0.3 is 4.90 Å². The molecular formula is C16H18N2O3S2. The fourth-order valence-corrected chi connectivity index (χ4v) is 4.45. The van der Waals surface area contributed by atoms with Crippen molar-refractivity contribution in [2.24, 2.45) is 0 Å². The number of anilines is 2. The Labute approximate surface area is 140 Å². The zero-order valence-electron chi connectivity index (χ0n) is 12.8. The lowest BCUT2D eigenvalue weighted by atomic mass is 10.2. The predicted molar refractivity (Wildman–Crippen MR) is 93.6 cm³/mol. The summed E-state index contributed by atoms with van der Waals surface area (Å²) in [6, 6.07) is 11.1. The third-order valence-corrected chi connectivity index (χ3v) is 5.85. The van der Waals surface area contributed by atoms with E-state index in [1.807, 2.05) is 29.6 Å². The number of rotatable bonds is 3. The van der Waals surface area contributed by atoms with Crippen molar-refractivity contribution in [1.82, 2.24) is 0 Å². The number of thiophene rings is 1. The van der Waals surface area contributed by atoms with Crippen LogP contribution in [0.1, 0.15) is 11.3 Å². The fourth-order valence-electron chi connectivity index (χ4n) is 2.78. The molecule has 7 heteroatoms. The first-order valence-corrected chi connectivity index (χ1v) is 10.1. The molecule has 1 aromatic carbocycles. The van der Waals surface area contributed by atoms with Crippen LogP contribution in [0.4, 0.5) is 11.4 Å². The van der Waals surface area contributed by atoms with Crippen LogP contribution < -0.4 is 9.21 Å². The molecule has 0 aliphatic carbocycles. The molecule has 2 aromatic rings. The topological polar surface area (TPSA) is 57.7 Å². The van der Waals surface area contributed by atoms with Gasteiger partial charge in [0.05, 0.1) is 24.1 Å². The van der Waals surface area contributed by atoms with Crippen molar-refractivity contribution in [1.29, 1.82) is 0 Å². The summed E-state index contributed by atoms with van der Waals surface area (Å²) in [6.45, 7) is 0.909. The summed E-state index contributed by atoms with van der Waals surface area (Å²) in [5.74, 6) is -0.00440. The molecule has 1 aliphatic rings. The van der Waals surface area contributed by atoms with Gasteiger partial charge in [0.15, 0.2) is 0 Å². The molecule has 0 radical (unpaired) electrons. The van der Waals surface area contributed by atoms with E-state index in [0.29, 0.717) is 37.3 Å². The minimum Gasteiger partial charge on any atom is -0.310 e. The first-order chi connectivity index (χ1) is 11.0. The Balaban J connectivity index is 1.97. The van der Waals surface area contributed by atoms with Crippen LogP contribution in [0.25, 0.3) is 0 Å². The lowest BCUT2D eigenvalue weighted by molar-refractivity contribution is -0.117. The van der Waals surface area contributed by atoms with Gasteiger partial charge in [-0.25, -0.2) is 8.42 Å². The van der Waals surface area contributed by atoms with Gasteiger partial charge in [-0.15, -0.1) is 11.3 Å². The molecule has 0 bridgehead atoms. The molecule has 0 unspecified atom stereocenters. The lowest BCUT2D eigenvalue weighted by Crippen LogP contribution is -2.32. The number of benzene rings is 1. The van der Waals surface area contributed by atoms with Crippen molar-refractivity contribution in [2.45, 2.75) is 12.8 Å². The van der Waals surface area contributed by atoms with Crippen LogP contribution >= 0.6 is 11.3 Å². The smallest absolute Gasteiger partial charge is 0.232 e. The Morgan fingerprint density at radius 2 is 1.87 bits per heavy atom. The zero-order chi connectivity index (χ0) is 16.4. The maximum absolute atomic E-state index is 12.7. The van der Waals surface area contributed by atoms with E-state index in [2.05, 4.69) is 0 Å². The molecule has 0 saturated carbocycles. The molecule has 0 atom stereocenters. The summed E-state index contributed by atoms with van der Waals surface area (Å²) in [4.78, 5) is 15.4. The molecule has 1 amide bonds. The second kappa shape index (κ2) is 6.33. The summed E-state index contributed by atoms with van der Waals surface area (Å²) >= 11 is 1.55. The molecule has 122 valence electrons. The minimum atomic E-state index is -3.36. The van der Waals surface area contributed by atoms with Crippen molar-refractivity contribution in [2.75, 3.05) is 28.6 Å². The van der Waals surface area contributed by atoms with Crippen LogP contribution in [-0.2, 0) is 21.2 Å². The average Bonchev–Trinajstić information content (AvgIpc) is 2.91. The summed E-state index contributed by atoms with van der Waals surface area (Å²) in [5.41, 5.74) is 1.24. The Morgan fingerprint density at radius 1 is 1.13 bits per heavy atom. The second-order valence-corrected chi connectivity index (χ2v) is 8.42. The van der Waals surface area contributed by atoms with E-state index in [1.54, 1.807) is 28.4 Å². The van der Waals surface area contributed by atoms with Crippen LogP contribution in [0, 0.1) is 0 Å². The monoisotopic (exact) mass is 350 g/mol. The van der Waals surface area contributed by atoms with Gasteiger partial charge in [-0.2, -0.15) is 0 Å². The van der Waals surface area contributed by atoms with Gasteiger partial charge in [-0.05, 0) is 30.0 Å². The fraction of sp³-hybridized carbons (Fsp3) is 0.312. The van der Waals surface area contributed by atoms with E-state index in [4.69, 9.17) is 0 Å². The lowest BCUT2D eigenvalue weighted by Gasteiger charge is -2.25. The maximum Gasteiger partial charge on any atom is 0.232 e. The highest BCUT2D eigenvalue weighted by atomic mass is 32.2. The molecule has 0 saturated heterocycles.